The SMILES string of the molecule is O=C(C=Cn1cnc(-c2cccc(Cl)c2)n1)OC1CN(NCl)C1. The van der Waals surface area contributed by atoms with E-state index in [1.54, 1.807) is 17.1 Å². The molecule has 7 nitrogen and oxygen atoms in total. The molecule has 0 aliphatic carbocycles. The van der Waals surface area contributed by atoms with Crippen LogP contribution in [0.2, 0.25) is 5.02 Å². The Morgan fingerprint density at radius 3 is 3.00 bits per heavy atom. The molecular weight excluding hydrogens is 341 g/mol. The molecule has 1 N–H and O–H groups in total. The lowest BCUT2D eigenvalue weighted by Crippen LogP contribution is -2.56. The van der Waals surface area contributed by atoms with Crippen molar-refractivity contribution >= 4 is 35.5 Å². The van der Waals surface area contributed by atoms with E-state index in [9.17, 15) is 4.79 Å². The highest BCUT2D eigenvalue weighted by molar-refractivity contribution is 6.30. The molecule has 1 saturated heterocycles. The molecule has 0 saturated carbocycles. The van der Waals surface area contributed by atoms with Gasteiger partial charge in [0, 0.05) is 22.9 Å². The number of nitrogens with one attached hydrogen (secondary N) is 1. The fraction of sp³-hybridized carbons (Fsp3) is 0.214. The zero-order valence-corrected chi connectivity index (χ0v) is 13.4. The minimum absolute atomic E-state index is 0.156. The van der Waals surface area contributed by atoms with Crippen LogP contribution in [0.25, 0.3) is 17.6 Å². The molecule has 1 aliphatic rings. The number of esters is 1. The summed E-state index contributed by atoms with van der Waals surface area (Å²) in [5, 5.41) is 6.58. The third-order valence-electron chi connectivity index (χ3n) is 3.21. The van der Waals surface area contributed by atoms with Crippen LogP contribution < -0.4 is 4.94 Å². The molecule has 0 atom stereocenters. The number of nitrogens with zero attached hydrogens (tertiary/aromatic N) is 4. The van der Waals surface area contributed by atoms with E-state index in [2.05, 4.69) is 15.0 Å². The number of benzene rings is 1. The Hall–Kier alpha value is -1.93. The van der Waals surface area contributed by atoms with E-state index >= 15 is 0 Å². The maximum absolute atomic E-state index is 11.7. The number of aromatic nitrogens is 3. The first-order valence-electron chi connectivity index (χ1n) is 6.81. The van der Waals surface area contributed by atoms with Crippen LogP contribution in [-0.4, -0.2) is 44.9 Å². The van der Waals surface area contributed by atoms with Crippen LogP contribution in [0, 0.1) is 0 Å². The molecule has 0 amide bonds. The molecule has 1 aliphatic heterocycles. The van der Waals surface area contributed by atoms with E-state index in [0.29, 0.717) is 23.9 Å². The van der Waals surface area contributed by atoms with Crippen LogP contribution >= 0.6 is 23.4 Å². The zero-order chi connectivity index (χ0) is 16.2. The number of hydrogen-bond acceptors (Lipinski definition) is 6. The summed E-state index contributed by atoms with van der Waals surface area (Å²) in [6.07, 6.45) is 4.13. The number of hydrazine groups is 1. The van der Waals surface area contributed by atoms with E-state index in [0.717, 1.165) is 5.56 Å². The van der Waals surface area contributed by atoms with Gasteiger partial charge in [0.25, 0.3) is 0 Å². The van der Waals surface area contributed by atoms with Gasteiger partial charge >= 0.3 is 5.97 Å². The number of carbonyl (C=O) groups excluding carboxylic acids is 1. The molecule has 1 fully saturated rings. The third kappa shape index (κ3) is 4.08. The molecular formula is C14H13Cl2N5O2. The van der Waals surface area contributed by atoms with Gasteiger partial charge in [-0.25, -0.2) is 19.5 Å². The van der Waals surface area contributed by atoms with Crippen molar-refractivity contribution in [1.82, 2.24) is 24.7 Å². The Kier molecular flexibility index (Phi) is 4.92. The lowest BCUT2D eigenvalue weighted by atomic mass is 10.2. The minimum atomic E-state index is -0.441. The van der Waals surface area contributed by atoms with Crippen molar-refractivity contribution < 1.29 is 9.53 Å². The highest BCUT2D eigenvalue weighted by Crippen LogP contribution is 2.18. The van der Waals surface area contributed by atoms with E-state index in [1.165, 1.54) is 23.3 Å². The normalized spacial score (nSPS) is 15.7. The second kappa shape index (κ2) is 7.10. The molecule has 1 aromatic carbocycles. The van der Waals surface area contributed by atoms with Crippen molar-refractivity contribution in [3.8, 4) is 11.4 Å². The summed E-state index contributed by atoms with van der Waals surface area (Å²) in [6.45, 7) is 1.12. The van der Waals surface area contributed by atoms with Crippen molar-refractivity contribution in [3.05, 3.63) is 41.7 Å². The molecule has 0 spiro atoms. The third-order valence-corrected chi connectivity index (χ3v) is 3.68. The van der Waals surface area contributed by atoms with Gasteiger partial charge in [0.15, 0.2) is 5.82 Å². The van der Waals surface area contributed by atoms with Gasteiger partial charge in [-0.3, -0.25) is 0 Å². The van der Waals surface area contributed by atoms with Crippen molar-refractivity contribution in [2.24, 2.45) is 0 Å². The van der Waals surface area contributed by atoms with Crippen LogP contribution in [0.3, 0.4) is 0 Å². The second-order valence-corrected chi connectivity index (χ2v) is 5.53. The Morgan fingerprint density at radius 2 is 2.26 bits per heavy atom. The standard InChI is InChI=1S/C14H13Cl2N5O2/c15-11-3-1-2-10(6-11)14-17-9-20(18-14)5-4-13(22)23-12-7-21(8-12)19-16/h1-6,9,12,19H,7-8H2. The molecule has 0 bridgehead atoms. The second-order valence-electron chi connectivity index (χ2n) is 4.92. The predicted octanol–water partition coefficient (Wildman–Crippen LogP) is 1.95. The van der Waals surface area contributed by atoms with Crippen LogP contribution in [0.5, 0.6) is 0 Å². The predicted molar refractivity (Wildman–Crippen MR) is 86.2 cm³/mol. The van der Waals surface area contributed by atoms with Gasteiger partial charge in [-0.1, -0.05) is 23.7 Å². The molecule has 1 aromatic heterocycles. The van der Waals surface area contributed by atoms with Crippen molar-refractivity contribution in [1.29, 1.82) is 0 Å². The molecule has 23 heavy (non-hydrogen) atoms. The number of carbonyl (C=O) groups is 1. The summed E-state index contributed by atoms with van der Waals surface area (Å²) >= 11 is 11.3. The molecule has 0 radical (unpaired) electrons. The highest BCUT2D eigenvalue weighted by Gasteiger charge is 2.28. The van der Waals surface area contributed by atoms with Crippen molar-refractivity contribution in [2.75, 3.05) is 13.1 Å². The first kappa shape index (κ1) is 15.9. The molecule has 2 heterocycles. The number of hydrogen-bond donors (Lipinski definition) is 1. The summed E-state index contributed by atoms with van der Waals surface area (Å²) in [7, 11) is 0. The van der Waals surface area contributed by atoms with Crippen LogP contribution in [-0.2, 0) is 9.53 Å². The quantitative estimate of drug-likeness (QED) is 0.503. The minimum Gasteiger partial charge on any atom is -0.456 e. The summed E-state index contributed by atoms with van der Waals surface area (Å²) in [4.78, 5) is 18.3. The van der Waals surface area contributed by atoms with E-state index in [1.807, 2.05) is 12.1 Å². The van der Waals surface area contributed by atoms with Gasteiger partial charge in [-0.05, 0) is 23.9 Å². The first-order chi connectivity index (χ1) is 11.1. The summed E-state index contributed by atoms with van der Waals surface area (Å²) < 4.78 is 6.64. The molecule has 2 aromatic rings. The average Bonchev–Trinajstić information content (AvgIpc) is 2.97. The monoisotopic (exact) mass is 353 g/mol. The molecule has 9 heteroatoms. The smallest absolute Gasteiger partial charge is 0.332 e. The average molecular weight is 354 g/mol. The van der Waals surface area contributed by atoms with Gasteiger partial charge in [-0.2, -0.15) is 4.94 Å². The van der Waals surface area contributed by atoms with Crippen LogP contribution in [0.1, 0.15) is 0 Å². The molecule has 3 rings (SSSR count). The Balaban J connectivity index is 1.57. The first-order valence-corrected chi connectivity index (χ1v) is 7.57. The van der Waals surface area contributed by atoms with Crippen LogP contribution in [0.15, 0.2) is 36.7 Å². The van der Waals surface area contributed by atoms with E-state index in [-0.39, 0.29) is 6.10 Å². The largest absolute Gasteiger partial charge is 0.456 e. The lowest BCUT2D eigenvalue weighted by Gasteiger charge is -2.35. The Morgan fingerprint density at radius 1 is 1.43 bits per heavy atom. The van der Waals surface area contributed by atoms with Gasteiger partial charge < -0.3 is 4.74 Å². The van der Waals surface area contributed by atoms with Gasteiger partial charge in [0.05, 0.1) is 13.1 Å². The fourth-order valence-corrected chi connectivity index (χ4v) is 2.36. The molecule has 120 valence electrons. The summed E-state index contributed by atoms with van der Waals surface area (Å²) in [5.74, 6) is 0.0809. The van der Waals surface area contributed by atoms with Gasteiger partial charge in [-0.15, -0.1) is 5.10 Å². The van der Waals surface area contributed by atoms with Crippen molar-refractivity contribution in [2.45, 2.75) is 6.10 Å². The maximum atomic E-state index is 11.7. The van der Waals surface area contributed by atoms with Crippen LogP contribution in [0.4, 0.5) is 0 Å². The van der Waals surface area contributed by atoms with Gasteiger partial charge in [0.2, 0.25) is 0 Å². The lowest BCUT2D eigenvalue weighted by molar-refractivity contribution is -0.152. The number of halogens is 2. The maximum Gasteiger partial charge on any atom is 0.332 e. The van der Waals surface area contributed by atoms with E-state index in [4.69, 9.17) is 28.1 Å². The van der Waals surface area contributed by atoms with Gasteiger partial charge in [0.1, 0.15) is 12.4 Å². The number of rotatable bonds is 5. The van der Waals surface area contributed by atoms with E-state index < -0.39 is 5.97 Å². The van der Waals surface area contributed by atoms with Crippen molar-refractivity contribution in [3.63, 3.8) is 0 Å². The summed E-state index contributed by atoms with van der Waals surface area (Å²) in [6, 6.07) is 7.23. The zero-order valence-electron chi connectivity index (χ0n) is 11.9. The topological polar surface area (TPSA) is 72.3 Å². The highest BCUT2D eigenvalue weighted by atomic mass is 35.5. The Labute approximate surface area is 142 Å². The number of ether oxygens (including phenoxy) is 1. The molecule has 0 unspecified atom stereocenters. The Bertz CT molecular complexity index is 727. The fourth-order valence-electron chi connectivity index (χ4n) is 2.03. The summed E-state index contributed by atoms with van der Waals surface area (Å²) in [5.41, 5.74) is 0.801.